The fourth-order valence-electron chi connectivity index (χ4n) is 2.60. The third-order valence-electron chi connectivity index (χ3n) is 4.23. The molecule has 1 aromatic heterocycles. The Morgan fingerprint density at radius 2 is 2.00 bits per heavy atom. The molecule has 4 heteroatoms. The van der Waals surface area contributed by atoms with E-state index in [1.165, 1.54) is 25.7 Å². The van der Waals surface area contributed by atoms with Gasteiger partial charge in [-0.3, -0.25) is 0 Å². The van der Waals surface area contributed by atoms with Crippen LogP contribution in [0.15, 0.2) is 6.07 Å². The van der Waals surface area contributed by atoms with E-state index in [1.54, 1.807) is 6.07 Å². The van der Waals surface area contributed by atoms with E-state index in [1.807, 2.05) is 6.92 Å². The average molecular weight is 228 g/mol. The van der Waals surface area contributed by atoms with Gasteiger partial charge in [-0.05, 0) is 38.0 Å². The van der Waals surface area contributed by atoms with Crippen molar-refractivity contribution in [3.63, 3.8) is 0 Å². The number of hydrogen-bond donors (Lipinski definition) is 1. The van der Waals surface area contributed by atoms with E-state index < -0.39 is 0 Å². The fourth-order valence-corrected chi connectivity index (χ4v) is 2.60. The van der Waals surface area contributed by atoms with E-state index in [0.29, 0.717) is 16.9 Å². The summed E-state index contributed by atoms with van der Waals surface area (Å²) in [4.78, 5) is 8.44. The predicted molar refractivity (Wildman–Crippen MR) is 64.4 cm³/mol. The number of anilines is 1. The molecule has 0 bridgehead atoms. The van der Waals surface area contributed by atoms with E-state index in [-0.39, 0.29) is 5.54 Å². The molecule has 2 aliphatic carbocycles. The molecule has 2 aliphatic rings. The van der Waals surface area contributed by atoms with Crippen LogP contribution in [0.3, 0.4) is 0 Å². The topological polar surface area (TPSA) is 61.6 Å². The zero-order chi connectivity index (χ0) is 12.1. The molecular weight excluding hydrogens is 212 g/mol. The first-order valence-electron chi connectivity index (χ1n) is 6.11. The molecule has 1 N–H and O–H groups in total. The number of hydrogen-bond acceptors (Lipinski definition) is 4. The summed E-state index contributed by atoms with van der Waals surface area (Å²) < 4.78 is 0. The Labute approximate surface area is 101 Å². The van der Waals surface area contributed by atoms with E-state index >= 15 is 0 Å². The Balaban J connectivity index is 1.86. The van der Waals surface area contributed by atoms with Gasteiger partial charge in [-0.25, -0.2) is 9.97 Å². The van der Waals surface area contributed by atoms with Crippen molar-refractivity contribution < 1.29 is 0 Å². The average Bonchev–Trinajstić information content (AvgIpc) is 3.16. The molecular formula is C13H16N4. The van der Waals surface area contributed by atoms with Gasteiger partial charge < -0.3 is 5.32 Å². The Morgan fingerprint density at radius 1 is 1.29 bits per heavy atom. The van der Waals surface area contributed by atoms with Crippen molar-refractivity contribution in [2.75, 3.05) is 5.32 Å². The third kappa shape index (κ3) is 1.66. The van der Waals surface area contributed by atoms with Gasteiger partial charge in [-0.2, -0.15) is 5.26 Å². The molecule has 17 heavy (non-hydrogen) atoms. The van der Waals surface area contributed by atoms with Gasteiger partial charge in [-0.15, -0.1) is 0 Å². The van der Waals surface area contributed by atoms with Crippen LogP contribution < -0.4 is 5.32 Å². The van der Waals surface area contributed by atoms with Crippen molar-refractivity contribution >= 4 is 5.82 Å². The van der Waals surface area contributed by atoms with E-state index in [0.717, 1.165) is 5.82 Å². The van der Waals surface area contributed by atoms with Crippen LogP contribution in [0.4, 0.5) is 5.82 Å². The third-order valence-corrected chi connectivity index (χ3v) is 4.23. The molecule has 0 radical (unpaired) electrons. The highest BCUT2D eigenvalue weighted by Crippen LogP contribution is 2.64. The van der Waals surface area contributed by atoms with E-state index in [2.05, 4.69) is 28.3 Å². The Kier molecular flexibility index (Phi) is 1.97. The first-order chi connectivity index (χ1) is 8.07. The highest BCUT2D eigenvalue weighted by molar-refractivity contribution is 5.46. The quantitative estimate of drug-likeness (QED) is 0.863. The van der Waals surface area contributed by atoms with Crippen molar-refractivity contribution in [1.29, 1.82) is 5.26 Å². The van der Waals surface area contributed by atoms with Gasteiger partial charge in [0.1, 0.15) is 23.4 Å². The summed E-state index contributed by atoms with van der Waals surface area (Å²) in [6.07, 6.45) is 5.03. The van der Waals surface area contributed by atoms with Crippen LogP contribution in [0, 0.1) is 23.7 Å². The number of aryl methyl sites for hydroxylation is 1. The zero-order valence-corrected chi connectivity index (χ0v) is 10.2. The van der Waals surface area contributed by atoms with Gasteiger partial charge >= 0.3 is 0 Å². The molecule has 2 saturated carbocycles. The molecule has 0 atom stereocenters. The lowest BCUT2D eigenvalue weighted by Gasteiger charge is -2.25. The molecule has 0 aliphatic heterocycles. The minimum absolute atomic E-state index is 0.237. The van der Waals surface area contributed by atoms with E-state index in [4.69, 9.17) is 5.26 Å². The van der Waals surface area contributed by atoms with E-state index in [9.17, 15) is 0 Å². The van der Waals surface area contributed by atoms with Crippen molar-refractivity contribution in [3.05, 3.63) is 17.6 Å². The minimum atomic E-state index is 0.237. The standard InChI is InChI=1S/C13H16N4/c1-9-15-10(8-14)7-11(16-9)17-13(5-6-13)12(2)3-4-12/h7H,3-6H2,1-2H3,(H,15,16,17). The molecule has 1 heterocycles. The Hall–Kier alpha value is -1.63. The van der Waals surface area contributed by atoms with Gasteiger partial charge in [0.2, 0.25) is 0 Å². The summed E-state index contributed by atoms with van der Waals surface area (Å²) in [5.41, 5.74) is 1.12. The number of nitrogens with zero attached hydrogens (tertiary/aromatic N) is 3. The van der Waals surface area contributed by atoms with Crippen molar-refractivity contribution in [2.45, 2.75) is 45.1 Å². The van der Waals surface area contributed by atoms with Gasteiger partial charge in [0.25, 0.3) is 0 Å². The SMILES string of the molecule is Cc1nc(C#N)cc(NC2(C3(C)CC3)CC2)n1. The Bertz CT molecular complexity index is 507. The summed E-state index contributed by atoms with van der Waals surface area (Å²) in [5.74, 6) is 1.46. The summed E-state index contributed by atoms with van der Waals surface area (Å²) in [7, 11) is 0. The molecule has 3 rings (SSSR count). The van der Waals surface area contributed by atoms with Gasteiger partial charge in [0, 0.05) is 11.6 Å². The summed E-state index contributed by atoms with van der Waals surface area (Å²) in [5, 5.41) is 12.4. The highest BCUT2D eigenvalue weighted by Gasteiger charge is 2.62. The number of rotatable bonds is 3. The monoisotopic (exact) mass is 228 g/mol. The van der Waals surface area contributed by atoms with Crippen molar-refractivity contribution in [3.8, 4) is 6.07 Å². The maximum Gasteiger partial charge on any atom is 0.146 e. The maximum atomic E-state index is 8.90. The highest BCUT2D eigenvalue weighted by atomic mass is 15.1. The normalized spacial score (nSPS) is 22.6. The van der Waals surface area contributed by atoms with Gasteiger partial charge in [0.15, 0.2) is 0 Å². The summed E-state index contributed by atoms with van der Waals surface area (Å²) in [6.45, 7) is 4.16. The maximum absolute atomic E-state index is 8.90. The smallest absolute Gasteiger partial charge is 0.146 e. The predicted octanol–water partition coefficient (Wildman–Crippen LogP) is 2.40. The first kappa shape index (κ1) is 10.5. The molecule has 1 aromatic rings. The zero-order valence-electron chi connectivity index (χ0n) is 10.2. The van der Waals surface area contributed by atoms with Crippen LogP contribution >= 0.6 is 0 Å². The number of nitriles is 1. The minimum Gasteiger partial charge on any atom is -0.364 e. The van der Waals surface area contributed by atoms with Crippen LogP contribution in [-0.4, -0.2) is 15.5 Å². The molecule has 0 spiro atoms. The summed E-state index contributed by atoms with van der Waals surface area (Å²) >= 11 is 0. The largest absolute Gasteiger partial charge is 0.364 e. The molecule has 2 fully saturated rings. The van der Waals surface area contributed by atoms with Crippen LogP contribution in [0.5, 0.6) is 0 Å². The number of nitrogens with one attached hydrogen (secondary N) is 1. The molecule has 0 aromatic carbocycles. The van der Waals surface area contributed by atoms with Gasteiger partial charge in [0.05, 0.1) is 0 Å². The van der Waals surface area contributed by atoms with Crippen LogP contribution in [0.1, 0.15) is 44.1 Å². The van der Waals surface area contributed by atoms with Crippen LogP contribution in [0.25, 0.3) is 0 Å². The lowest BCUT2D eigenvalue weighted by Crippen LogP contribution is -2.31. The fraction of sp³-hybridized carbons (Fsp3) is 0.615. The second-order valence-electron chi connectivity index (χ2n) is 5.57. The molecule has 88 valence electrons. The molecule has 4 nitrogen and oxygen atoms in total. The van der Waals surface area contributed by atoms with Gasteiger partial charge in [-0.1, -0.05) is 6.92 Å². The second kappa shape index (κ2) is 3.19. The molecule has 0 saturated heterocycles. The Morgan fingerprint density at radius 3 is 2.53 bits per heavy atom. The van der Waals surface area contributed by atoms with Crippen molar-refractivity contribution in [1.82, 2.24) is 9.97 Å². The first-order valence-corrected chi connectivity index (χ1v) is 6.11. The lowest BCUT2D eigenvalue weighted by molar-refractivity contribution is 0.446. The van der Waals surface area contributed by atoms with Crippen LogP contribution in [0.2, 0.25) is 0 Å². The van der Waals surface area contributed by atoms with Crippen molar-refractivity contribution in [2.24, 2.45) is 5.41 Å². The summed E-state index contributed by atoms with van der Waals surface area (Å²) in [6, 6.07) is 3.83. The second-order valence-corrected chi connectivity index (χ2v) is 5.57. The van der Waals surface area contributed by atoms with Crippen LogP contribution in [-0.2, 0) is 0 Å². The molecule has 0 amide bonds. The molecule has 0 unspecified atom stereocenters. The number of aromatic nitrogens is 2. The lowest BCUT2D eigenvalue weighted by atomic mass is 9.96.